The topological polar surface area (TPSA) is 90.3 Å². The van der Waals surface area contributed by atoms with Crippen molar-refractivity contribution in [1.82, 2.24) is 5.32 Å². The van der Waals surface area contributed by atoms with E-state index in [1.807, 2.05) is 0 Å². The third kappa shape index (κ3) is 4.61. The monoisotopic (exact) mass is 302 g/mol. The fourth-order valence-electron chi connectivity index (χ4n) is 2.53. The van der Waals surface area contributed by atoms with Crippen molar-refractivity contribution < 1.29 is 23.5 Å². The van der Waals surface area contributed by atoms with E-state index >= 15 is 0 Å². The highest BCUT2D eigenvalue weighted by atomic mass is 19.3. The average molecular weight is 302 g/mol. The Labute approximate surface area is 121 Å². The van der Waals surface area contributed by atoms with E-state index in [4.69, 9.17) is 10.5 Å². The summed E-state index contributed by atoms with van der Waals surface area (Å²) in [5, 5.41) is 18.5. The lowest BCUT2D eigenvalue weighted by atomic mass is 9.83. The van der Waals surface area contributed by atoms with Crippen LogP contribution in [-0.2, 0) is 9.59 Å². The molecule has 1 saturated carbocycles. The van der Waals surface area contributed by atoms with Gasteiger partial charge < -0.3 is 15.8 Å². The fourth-order valence-corrected chi connectivity index (χ4v) is 2.53. The molecule has 1 fully saturated rings. The zero-order chi connectivity index (χ0) is 16.2. The first-order valence-corrected chi connectivity index (χ1v) is 6.80. The van der Waals surface area contributed by atoms with Gasteiger partial charge in [0.2, 0.25) is 0 Å². The number of carbonyl (C=O) groups is 2. The summed E-state index contributed by atoms with van der Waals surface area (Å²) in [4.78, 5) is 22.2. The zero-order valence-corrected chi connectivity index (χ0v) is 12.1. The molecule has 118 valence electrons. The molecule has 0 aromatic heterocycles. The molecule has 1 aliphatic rings. The highest BCUT2D eigenvalue weighted by Crippen LogP contribution is 2.29. The summed E-state index contributed by atoms with van der Waals surface area (Å²) in [7, 11) is 0. The largest absolute Gasteiger partial charge is 0.478 e. The molecular weight excluding hydrogens is 282 g/mol. The van der Waals surface area contributed by atoms with Gasteiger partial charge in [-0.3, -0.25) is 4.79 Å². The lowest BCUT2D eigenvalue weighted by Gasteiger charge is -2.31. The van der Waals surface area contributed by atoms with Crippen molar-refractivity contribution in [2.45, 2.75) is 51.5 Å². The Kier molecular flexibility index (Phi) is 5.57. The number of hydrogen-bond acceptors (Lipinski definition) is 4. The second kappa shape index (κ2) is 6.78. The van der Waals surface area contributed by atoms with Crippen LogP contribution in [0.2, 0.25) is 0 Å². The second-order valence-electron chi connectivity index (χ2n) is 5.43. The zero-order valence-electron chi connectivity index (χ0n) is 12.1. The Bertz CT molecular complexity index is 461. The van der Waals surface area contributed by atoms with Gasteiger partial charge in [-0.25, -0.2) is 13.6 Å². The molecule has 0 aliphatic heterocycles. The summed E-state index contributed by atoms with van der Waals surface area (Å²) in [5.41, 5.74) is -1.48. The summed E-state index contributed by atoms with van der Waals surface area (Å²) in [6, 6.07) is -0.310. The number of carbonyl (C=O) groups excluding carboxylic acids is 1. The van der Waals surface area contributed by atoms with Gasteiger partial charge in [-0.1, -0.05) is 0 Å². The van der Waals surface area contributed by atoms with Crippen LogP contribution in [0.25, 0.3) is 0 Å². The molecule has 0 saturated heterocycles. The molecule has 0 amide bonds. The standard InChI is InChI=1S/C14H20F2N2O3/c1-8(19)9-3-5-10(6-4-9)18-12(14(2,15)16)11(7-17)13(20)21/h7,9-10,17-18H,3-6H2,1-2H3,(H,20,21)/b12-11+,17-7?/t9-,10-. The number of aliphatic carboxylic acids is 1. The normalized spacial score (nSPS) is 24.0. The summed E-state index contributed by atoms with van der Waals surface area (Å²) in [5.74, 6) is -4.88. The van der Waals surface area contributed by atoms with Crippen LogP contribution < -0.4 is 5.32 Å². The molecule has 1 aliphatic carbocycles. The van der Waals surface area contributed by atoms with Crippen LogP contribution >= 0.6 is 0 Å². The molecule has 21 heavy (non-hydrogen) atoms. The van der Waals surface area contributed by atoms with Crippen molar-refractivity contribution in [2.75, 3.05) is 0 Å². The van der Waals surface area contributed by atoms with Crippen LogP contribution in [0.15, 0.2) is 11.3 Å². The first-order valence-electron chi connectivity index (χ1n) is 6.80. The van der Waals surface area contributed by atoms with Gasteiger partial charge in [0.15, 0.2) is 0 Å². The smallest absolute Gasteiger partial charge is 0.339 e. The summed E-state index contributed by atoms with van der Waals surface area (Å²) >= 11 is 0. The van der Waals surface area contributed by atoms with Gasteiger partial charge in [-0.05, 0) is 32.6 Å². The quantitative estimate of drug-likeness (QED) is 0.519. The molecule has 0 aromatic rings. The lowest BCUT2D eigenvalue weighted by Crippen LogP contribution is -2.40. The average Bonchev–Trinajstić information content (AvgIpc) is 2.37. The SMILES string of the molecule is CC(=O)[C@H]1CC[C@H](N/C(=C(\C=N)C(=O)O)C(C)(F)F)CC1. The van der Waals surface area contributed by atoms with E-state index in [-0.39, 0.29) is 17.7 Å². The van der Waals surface area contributed by atoms with Gasteiger partial charge in [0, 0.05) is 25.1 Å². The number of carboxylic acids is 1. The van der Waals surface area contributed by atoms with Gasteiger partial charge in [0.25, 0.3) is 5.92 Å². The summed E-state index contributed by atoms with van der Waals surface area (Å²) in [6.07, 6.45) is 2.66. The van der Waals surface area contributed by atoms with Crippen LogP contribution in [-0.4, -0.2) is 35.0 Å². The van der Waals surface area contributed by atoms with Gasteiger partial charge in [0.1, 0.15) is 11.4 Å². The van der Waals surface area contributed by atoms with Gasteiger partial charge in [0.05, 0.1) is 5.70 Å². The molecule has 0 unspecified atom stereocenters. The highest BCUT2D eigenvalue weighted by Gasteiger charge is 2.35. The van der Waals surface area contributed by atoms with E-state index in [1.165, 1.54) is 6.92 Å². The van der Waals surface area contributed by atoms with Crippen molar-refractivity contribution in [1.29, 1.82) is 5.41 Å². The van der Waals surface area contributed by atoms with Crippen molar-refractivity contribution >= 4 is 18.0 Å². The molecular formula is C14H20F2N2O3. The predicted octanol–water partition coefficient (Wildman–Crippen LogP) is 2.37. The van der Waals surface area contributed by atoms with E-state index in [9.17, 15) is 18.4 Å². The molecule has 0 atom stereocenters. The predicted molar refractivity (Wildman–Crippen MR) is 73.6 cm³/mol. The lowest BCUT2D eigenvalue weighted by molar-refractivity contribution is -0.132. The maximum Gasteiger partial charge on any atom is 0.339 e. The molecule has 0 spiro atoms. The van der Waals surface area contributed by atoms with E-state index in [0.717, 1.165) is 0 Å². The molecule has 0 bridgehead atoms. The van der Waals surface area contributed by atoms with Crippen LogP contribution in [0.5, 0.6) is 0 Å². The van der Waals surface area contributed by atoms with Crippen LogP contribution in [0, 0.1) is 11.3 Å². The van der Waals surface area contributed by atoms with Crippen molar-refractivity contribution in [2.24, 2.45) is 5.92 Å². The Morgan fingerprint density at radius 2 is 1.81 bits per heavy atom. The summed E-state index contributed by atoms with van der Waals surface area (Å²) in [6.45, 7) is 2.12. The van der Waals surface area contributed by atoms with Crippen LogP contribution in [0.4, 0.5) is 8.78 Å². The molecule has 3 N–H and O–H groups in total. The van der Waals surface area contributed by atoms with Crippen LogP contribution in [0.1, 0.15) is 39.5 Å². The molecule has 0 heterocycles. The van der Waals surface area contributed by atoms with E-state index in [2.05, 4.69) is 5.32 Å². The number of nitrogens with one attached hydrogen (secondary N) is 2. The van der Waals surface area contributed by atoms with E-state index in [0.29, 0.717) is 38.8 Å². The number of carboxylic acid groups (broad SMARTS) is 1. The number of hydrogen-bond donors (Lipinski definition) is 3. The van der Waals surface area contributed by atoms with Gasteiger partial charge in [-0.2, -0.15) is 0 Å². The Morgan fingerprint density at radius 3 is 2.14 bits per heavy atom. The maximum absolute atomic E-state index is 13.6. The van der Waals surface area contributed by atoms with Crippen molar-refractivity contribution in [3.05, 3.63) is 11.3 Å². The number of Topliss-reactive ketones (excluding diaryl/α,β-unsaturated/α-hetero) is 1. The van der Waals surface area contributed by atoms with E-state index in [1.54, 1.807) is 0 Å². The molecule has 1 rings (SSSR count). The minimum atomic E-state index is -3.37. The third-order valence-corrected chi connectivity index (χ3v) is 3.73. The molecule has 0 radical (unpaired) electrons. The summed E-state index contributed by atoms with van der Waals surface area (Å²) < 4.78 is 27.2. The number of rotatable bonds is 6. The molecule has 5 nitrogen and oxygen atoms in total. The Morgan fingerprint density at radius 1 is 1.29 bits per heavy atom. The number of allylic oxidation sites excluding steroid dienone is 1. The van der Waals surface area contributed by atoms with Gasteiger partial charge in [-0.15, -0.1) is 0 Å². The second-order valence-corrected chi connectivity index (χ2v) is 5.43. The number of alkyl halides is 2. The molecule has 7 heteroatoms. The van der Waals surface area contributed by atoms with E-state index < -0.39 is 23.2 Å². The molecule has 0 aromatic carbocycles. The minimum absolute atomic E-state index is 0.0423. The first-order chi connectivity index (χ1) is 9.66. The van der Waals surface area contributed by atoms with Crippen LogP contribution in [0.3, 0.4) is 0 Å². The maximum atomic E-state index is 13.6. The third-order valence-electron chi connectivity index (χ3n) is 3.73. The number of halogens is 2. The Balaban J connectivity index is 2.88. The Hall–Kier alpha value is -1.79. The van der Waals surface area contributed by atoms with Gasteiger partial charge >= 0.3 is 5.97 Å². The van der Waals surface area contributed by atoms with Crippen molar-refractivity contribution in [3.63, 3.8) is 0 Å². The minimum Gasteiger partial charge on any atom is -0.478 e. The number of ketones is 1. The fraction of sp³-hybridized carbons (Fsp3) is 0.643. The first kappa shape index (κ1) is 17.3. The van der Waals surface area contributed by atoms with Crippen molar-refractivity contribution in [3.8, 4) is 0 Å². The highest BCUT2D eigenvalue weighted by molar-refractivity contribution is 6.08.